The van der Waals surface area contributed by atoms with Crippen LogP contribution in [0.1, 0.15) is 15.4 Å². The van der Waals surface area contributed by atoms with Gasteiger partial charge in [-0.3, -0.25) is 15.1 Å². The molecule has 0 fully saturated rings. The Labute approximate surface area is 156 Å². The first-order valence-corrected chi connectivity index (χ1v) is 8.54. The van der Waals surface area contributed by atoms with Crippen LogP contribution in [-0.2, 0) is 4.74 Å². The van der Waals surface area contributed by atoms with E-state index < -0.39 is 31.3 Å². The van der Waals surface area contributed by atoms with Crippen molar-refractivity contribution in [3.63, 3.8) is 0 Å². The highest BCUT2D eigenvalue weighted by molar-refractivity contribution is 7.18. The molecule has 3 aromatic heterocycles. The van der Waals surface area contributed by atoms with E-state index in [1.807, 2.05) is 0 Å². The lowest BCUT2D eigenvalue weighted by molar-refractivity contribution is 0.0757. The number of furan rings is 1. The number of ether oxygens (including phenoxy) is 1. The third kappa shape index (κ3) is 4.34. The number of pyridine rings is 1. The summed E-state index contributed by atoms with van der Waals surface area (Å²) >= 11 is 0.871. The Morgan fingerprint density at radius 1 is 1.22 bits per heavy atom. The second kappa shape index (κ2) is 8.49. The van der Waals surface area contributed by atoms with Gasteiger partial charge in [0.1, 0.15) is 29.6 Å². The Balaban J connectivity index is 1.89. The van der Waals surface area contributed by atoms with Crippen molar-refractivity contribution in [2.75, 3.05) is 18.7 Å². The molecule has 3 aromatic rings. The van der Waals surface area contributed by atoms with Gasteiger partial charge in [-0.25, -0.2) is 18.6 Å². The Morgan fingerprint density at radius 3 is 2.67 bits per heavy atom. The molecule has 3 heterocycles. The number of ketones is 1. The molecule has 27 heavy (non-hydrogen) atoms. The van der Waals surface area contributed by atoms with Crippen molar-refractivity contribution < 1.29 is 27.5 Å². The highest BCUT2D eigenvalue weighted by atomic mass is 32.1. The van der Waals surface area contributed by atoms with Crippen LogP contribution in [-0.4, -0.2) is 41.3 Å². The lowest BCUT2D eigenvalue weighted by Gasteiger charge is -2.10. The number of amides is 1. The van der Waals surface area contributed by atoms with Crippen LogP contribution >= 0.6 is 11.3 Å². The first-order chi connectivity index (χ1) is 13.1. The molecule has 140 valence electrons. The quantitative estimate of drug-likeness (QED) is 0.612. The molecular weight excluding hydrogens is 380 g/mol. The summed E-state index contributed by atoms with van der Waals surface area (Å²) in [5.74, 6) is -0.0938. The van der Waals surface area contributed by atoms with Crippen LogP contribution in [0.15, 0.2) is 47.2 Å². The van der Waals surface area contributed by atoms with Gasteiger partial charge in [-0.05, 0) is 24.3 Å². The zero-order valence-corrected chi connectivity index (χ0v) is 14.5. The van der Waals surface area contributed by atoms with Crippen LogP contribution < -0.4 is 5.32 Å². The van der Waals surface area contributed by atoms with E-state index in [9.17, 15) is 18.4 Å². The van der Waals surface area contributed by atoms with Crippen LogP contribution in [0.4, 0.5) is 18.7 Å². The fraction of sp³-hybridized carbons (Fsp3) is 0.176. The topological polar surface area (TPSA) is 94.3 Å². The molecule has 3 rings (SSSR count). The predicted octanol–water partition coefficient (Wildman–Crippen LogP) is 3.89. The Morgan fingerprint density at radius 2 is 2.04 bits per heavy atom. The lowest BCUT2D eigenvalue weighted by atomic mass is 10.1. The smallest absolute Gasteiger partial charge is 0.413 e. The van der Waals surface area contributed by atoms with Crippen LogP contribution in [0.3, 0.4) is 0 Å². The number of hydrogen-bond donors (Lipinski definition) is 1. The average Bonchev–Trinajstić information content (AvgIpc) is 3.36. The first-order valence-electron chi connectivity index (χ1n) is 7.72. The molecule has 0 bridgehead atoms. The van der Waals surface area contributed by atoms with Gasteiger partial charge in [-0.1, -0.05) is 17.4 Å². The third-order valence-electron chi connectivity index (χ3n) is 3.31. The molecule has 0 saturated heterocycles. The summed E-state index contributed by atoms with van der Waals surface area (Å²) < 4.78 is 34.8. The summed E-state index contributed by atoms with van der Waals surface area (Å²) in [6, 6.07) is 8.11. The number of rotatable bonds is 7. The average molecular weight is 393 g/mol. The van der Waals surface area contributed by atoms with E-state index in [4.69, 9.17) is 4.42 Å². The molecule has 10 heteroatoms. The number of anilines is 1. The highest BCUT2D eigenvalue weighted by Crippen LogP contribution is 2.33. The zero-order valence-electron chi connectivity index (χ0n) is 13.7. The molecule has 0 atom stereocenters. The van der Waals surface area contributed by atoms with E-state index in [2.05, 4.69) is 20.0 Å². The van der Waals surface area contributed by atoms with Gasteiger partial charge in [0.2, 0.25) is 5.78 Å². The molecule has 0 spiro atoms. The number of nitrogens with zero attached hydrogens (tertiary/aromatic N) is 2. The van der Waals surface area contributed by atoms with Crippen molar-refractivity contribution in [2.45, 2.75) is 6.10 Å². The van der Waals surface area contributed by atoms with E-state index in [0.29, 0.717) is 5.76 Å². The number of alkyl halides is 2. The van der Waals surface area contributed by atoms with Crippen molar-refractivity contribution in [3.8, 4) is 11.5 Å². The van der Waals surface area contributed by atoms with Crippen molar-refractivity contribution >= 4 is 28.3 Å². The minimum atomic E-state index is -1.50. The number of carbonyl (C=O) groups is 2. The van der Waals surface area contributed by atoms with Crippen LogP contribution in [0.2, 0.25) is 0 Å². The Kier molecular flexibility index (Phi) is 5.87. The summed E-state index contributed by atoms with van der Waals surface area (Å²) in [4.78, 5) is 32.9. The maximum absolute atomic E-state index is 12.8. The molecule has 1 amide bonds. The molecule has 1 N–H and O–H groups in total. The number of aromatic nitrogens is 2. The summed E-state index contributed by atoms with van der Waals surface area (Å²) in [6.07, 6.45) is 0.319. The minimum Gasteiger partial charge on any atom is -0.463 e. The monoisotopic (exact) mass is 393 g/mol. The van der Waals surface area contributed by atoms with E-state index in [0.717, 1.165) is 11.3 Å². The molecule has 0 saturated carbocycles. The van der Waals surface area contributed by atoms with Gasteiger partial charge >= 0.3 is 6.09 Å². The van der Waals surface area contributed by atoms with Gasteiger partial charge in [0, 0.05) is 6.20 Å². The first kappa shape index (κ1) is 18.6. The molecule has 0 unspecified atom stereocenters. The predicted molar refractivity (Wildman–Crippen MR) is 93.3 cm³/mol. The number of nitrogens with one attached hydrogen (secondary N) is 1. The van der Waals surface area contributed by atoms with E-state index in [1.54, 1.807) is 30.3 Å². The van der Waals surface area contributed by atoms with Crippen molar-refractivity contribution in [1.29, 1.82) is 0 Å². The Bertz CT molecular complexity index is 912. The van der Waals surface area contributed by atoms with Crippen LogP contribution in [0.25, 0.3) is 11.5 Å². The normalized spacial score (nSPS) is 10.8. The van der Waals surface area contributed by atoms with Gasteiger partial charge < -0.3 is 9.15 Å². The summed E-state index contributed by atoms with van der Waals surface area (Å²) in [6.45, 7) is -2.30. The van der Waals surface area contributed by atoms with Crippen LogP contribution in [0, 0.1) is 0 Å². The SMILES string of the molecule is O=C(Nc1nc(-c2ccco2)c(C(=O)c2ccccn2)s1)OC(CF)CF. The van der Waals surface area contributed by atoms with E-state index in [-0.39, 0.29) is 21.4 Å². The molecule has 0 aliphatic carbocycles. The highest BCUT2D eigenvalue weighted by Gasteiger charge is 2.24. The maximum atomic E-state index is 12.8. The summed E-state index contributed by atoms with van der Waals surface area (Å²) in [7, 11) is 0. The summed E-state index contributed by atoms with van der Waals surface area (Å²) in [5.41, 5.74) is 0.404. The third-order valence-corrected chi connectivity index (χ3v) is 4.28. The number of halogens is 2. The fourth-order valence-corrected chi connectivity index (χ4v) is 3.00. The second-order valence-electron chi connectivity index (χ2n) is 5.18. The van der Waals surface area contributed by atoms with Gasteiger partial charge in [-0.2, -0.15) is 0 Å². The largest absolute Gasteiger partial charge is 0.463 e. The number of thiazole rings is 1. The fourth-order valence-electron chi connectivity index (χ4n) is 2.09. The standard InChI is InChI=1S/C17H13F2N3O4S/c18-8-10(9-19)26-17(24)22-16-21-13(12-5-3-7-25-12)15(27-16)14(23)11-4-1-2-6-20-11/h1-7,10H,8-9H2,(H,21,22,24). The summed E-state index contributed by atoms with van der Waals surface area (Å²) in [5, 5.41) is 2.28. The number of carbonyl (C=O) groups excluding carboxylic acids is 2. The van der Waals surface area contributed by atoms with Gasteiger partial charge in [-0.15, -0.1) is 0 Å². The molecule has 0 aliphatic heterocycles. The molecule has 7 nitrogen and oxygen atoms in total. The zero-order chi connectivity index (χ0) is 19.2. The van der Waals surface area contributed by atoms with Crippen molar-refractivity contribution in [2.24, 2.45) is 0 Å². The molecule has 0 radical (unpaired) electrons. The van der Waals surface area contributed by atoms with Crippen molar-refractivity contribution in [1.82, 2.24) is 9.97 Å². The molecule has 0 aliphatic rings. The van der Waals surface area contributed by atoms with E-state index >= 15 is 0 Å². The second-order valence-corrected chi connectivity index (χ2v) is 6.18. The minimum absolute atomic E-state index is 0.0159. The number of hydrogen-bond acceptors (Lipinski definition) is 7. The Hall–Kier alpha value is -3.14. The van der Waals surface area contributed by atoms with Gasteiger partial charge in [0.05, 0.1) is 6.26 Å². The molecule has 0 aromatic carbocycles. The van der Waals surface area contributed by atoms with E-state index in [1.165, 1.54) is 12.5 Å². The van der Waals surface area contributed by atoms with Crippen molar-refractivity contribution in [3.05, 3.63) is 53.4 Å². The molecular formula is C17H13F2N3O4S. The van der Waals surface area contributed by atoms with Crippen LogP contribution in [0.5, 0.6) is 0 Å². The maximum Gasteiger partial charge on any atom is 0.413 e. The van der Waals surface area contributed by atoms with Gasteiger partial charge in [0.25, 0.3) is 0 Å². The van der Waals surface area contributed by atoms with Gasteiger partial charge in [0.15, 0.2) is 17.0 Å². The lowest BCUT2D eigenvalue weighted by Crippen LogP contribution is -2.25.